The first-order valence-electron chi connectivity index (χ1n) is 2.95. The molecule has 1 aromatic heterocycles. The van der Waals surface area contributed by atoms with Crippen LogP contribution in [0.25, 0.3) is 0 Å². The van der Waals surface area contributed by atoms with Crippen molar-refractivity contribution in [2.75, 3.05) is 0 Å². The molecule has 0 bridgehead atoms. The van der Waals surface area contributed by atoms with Crippen LogP contribution >= 0.6 is 11.3 Å². The third kappa shape index (κ3) is 1.35. The van der Waals surface area contributed by atoms with Crippen molar-refractivity contribution < 1.29 is 0 Å². The lowest BCUT2D eigenvalue weighted by Gasteiger charge is -1.93. The highest BCUT2D eigenvalue weighted by molar-refractivity contribution is 7.12. The van der Waals surface area contributed by atoms with E-state index in [4.69, 9.17) is 11.0 Å². The van der Waals surface area contributed by atoms with Crippen molar-refractivity contribution in [1.82, 2.24) is 0 Å². The van der Waals surface area contributed by atoms with E-state index in [0.717, 1.165) is 4.88 Å². The normalized spacial score (nSPS) is 12.5. The van der Waals surface area contributed by atoms with Crippen molar-refractivity contribution in [3.05, 3.63) is 21.9 Å². The highest BCUT2D eigenvalue weighted by Crippen LogP contribution is 2.19. The minimum Gasteiger partial charge on any atom is -0.312 e. The first kappa shape index (κ1) is 7.26. The maximum Gasteiger partial charge on any atom is 0.128 e. The Morgan fingerprint density at radius 2 is 2.40 bits per heavy atom. The molecular weight excluding hydrogens is 144 g/mol. The van der Waals surface area contributed by atoms with Gasteiger partial charge in [-0.2, -0.15) is 5.26 Å². The number of nitrogens with zero attached hydrogens (tertiary/aromatic N) is 1. The molecular formula is C7H8N2S. The summed E-state index contributed by atoms with van der Waals surface area (Å²) in [4.78, 5) is 2.14. The van der Waals surface area contributed by atoms with Crippen LogP contribution in [0.2, 0.25) is 0 Å². The molecule has 0 aliphatic heterocycles. The monoisotopic (exact) mass is 152 g/mol. The van der Waals surface area contributed by atoms with Crippen molar-refractivity contribution in [2.45, 2.75) is 13.0 Å². The molecule has 1 heterocycles. The zero-order chi connectivity index (χ0) is 7.56. The van der Waals surface area contributed by atoms with Crippen molar-refractivity contribution in [3.8, 4) is 6.07 Å². The number of rotatable bonds is 1. The fourth-order valence-electron chi connectivity index (χ4n) is 0.684. The zero-order valence-electron chi connectivity index (χ0n) is 5.66. The second kappa shape index (κ2) is 2.82. The molecule has 10 heavy (non-hydrogen) atoms. The van der Waals surface area contributed by atoms with E-state index in [1.807, 2.05) is 25.1 Å². The molecule has 1 atom stereocenters. The number of hydrogen-bond donors (Lipinski definition) is 1. The summed E-state index contributed by atoms with van der Waals surface area (Å²) in [5, 5.41) is 8.43. The number of nitriles is 1. The molecule has 52 valence electrons. The minimum atomic E-state index is -0.446. The van der Waals surface area contributed by atoms with Gasteiger partial charge in [-0.05, 0) is 19.1 Å². The Bertz CT molecular complexity index is 259. The summed E-state index contributed by atoms with van der Waals surface area (Å²) in [6, 6.07) is 5.40. The van der Waals surface area contributed by atoms with Gasteiger partial charge >= 0.3 is 0 Å². The SMILES string of the molecule is Cc1ccc(C(N)C#N)s1. The minimum absolute atomic E-state index is 0.446. The van der Waals surface area contributed by atoms with E-state index in [1.165, 1.54) is 4.88 Å². The first-order valence-corrected chi connectivity index (χ1v) is 3.77. The lowest BCUT2D eigenvalue weighted by molar-refractivity contribution is 0.951. The molecule has 0 spiro atoms. The summed E-state index contributed by atoms with van der Waals surface area (Å²) < 4.78 is 0. The van der Waals surface area contributed by atoms with E-state index in [9.17, 15) is 0 Å². The van der Waals surface area contributed by atoms with Crippen molar-refractivity contribution in [2.24, 2.45) is 5.73 Å². The third-order valence-corrected chi connectivity index (χ3v) is 2.29. The van der Waals surface area contributed by atoms with Gasteiger partial charge in [-0.1, -0.05) is 0 Å². The average molecular weight is 152 g/mol. The molecule has 0 radical (unpaired) electrons. The van der Waals surface area contributed by atoms with Gasteiger partial charge in [-0.25, -0.2) is 0 Å². The van der Waals surface area contributed by atoms with E-state index in [2.05, 4.69) is 0 Å². The van der Waals surface area contributed by atoms with Crippen LogP contribution in [0.3, 0.4) is 0 Å². The summed E-state index contributed by atoms with van der Waals surface area (Å²) in [7, 11) is 0. The number of aryl methyl sites for hydroxylation is 1. The third-order valence-electron chi connectivity index (χ3n) is 1.21. The maximum atomic E-state index is 8.43. The smallest absolute Gasteiger partial charge is 0.128 e. The van der Waals surface area contributed by atoms with E-state index in [1.54, 1.807) is 11.3 Å². The molecule has 3 heteroatoms. The fourth-order valence-corrected chi connectivity index (χ4v) is 1.51. The molecule has 1 aromatic rings. The highest BCUT2D eigenvalue weighted by Gasteiger charge is 2.04. The lowest BCUT2D eigenvalue weighted by Crippen LogP contribution is -2.04. The summed E-state index contributed by atoms with van der Waals surface area (Å²) >= 11 is 1.57. The summed E-state index contributed by atoms with van der Waals surface area (Å²) in [5.41, 5.74) is 5.46. The predicted octanol–water partition coefficient (Wildman–Crippen LogP) is 1.58. The van der Waals surface area contributed by atoms with Gasteiger partial charge < -0.3 is 5.73 Å². The van der Waals surface area contributed by atoms with Crippen LogP contribution in [0.15, 0.2) is 12.1 Å². The van der Waals surface area contributed by atoms with Gasteiger partial charge in [0.15, 0.2) is 0 Å². The summed E-state index contributed by atoms with van der Waals surface area (Å²) in [6.45, 7) is 2.00. The van der Waals surface area contributed by atoms with E-state index < -0.39 is 6.04 Å². The van der Waals surface area contributed by atoms with Gasteiger partial charge in [0, 0.05) is 9.75 Å². The zero-order valence-corrected chi connectivity index (χ0v) is 6.48. The molecule has 0 fully saturated rings. The van der Waals surface area contributed by atoms with Gasteiger partial charge in [0.05, 0.1) is 6.07 Å². The first-order chi connectivity index (χ1) is 4.74. The quantitative estimate of drug-likeness (QED) is 0.664. The van der Waals surface area contributed by atoms with Crippen LogP contribution < -0.4 is 5.73 Å². The van der Waals surface area contributed by atoms with Gasteiger partial charge in [-0.15, -0.1) is 11.3 Å². The Kier molecular flexibility index (Phi) is 2.05. The highest BCUT2D eigenvalue weighted by atomic mass is 32.1. The summed E-state index contributed by atoms with van der Waals surface area (Å²) in [6.07, 6.45) is 0. The summed E-state index contributed by atoms with van der Waals surface area (Å²) in [5.74, 6) is 0. The molecule has 0 aliphatic carbocycles. The molecule has 0 aromatic carbocycles. The molecule has 0 saturated heterocycles. The standard InChI is InChI=1S/C7H8N2S/c1-5-2-3-7(10-5)6(9)4-8/h2-3,6H,9H2,1H3. The van der Waals surface area contributed by atoms with E-state index >= 15 is 0 Å². The Morgan fingerprint density at radius 3 is 2.80 bits per heavy atom. The molecule has 2 nitrogen and oxygen atoms in total. The maximum absolute atomic E-state index is 8.43. The second-order valence-corrected chi connectivity index (χ2v) is 3.37. The molecule has 2 N–H and O–H groups in total. The van der Waals surface area contributed by atoms with Gasteiger partial charge in [0.2, 0.25) is 0 Å². The molecule has 0 saturated carbocycles. The molecule has 1 unspecified atom stereocenters. The molecule has 1 rings (SSSR count). The van der Waals surface area contributed by atoms with Crippen LogP contribution in [0.5, 0.6) is 0 Å². The molecule has 0 amide bonds. The fraction of sp³-hybridized carbons (Fsp3) is 0.286. The topological polar surface area (TPSA) is 49.8 Å². The van der Waals surface area contributed by atoms with Gasteiger partial charge in [-0.3, -0.25) is 0 Å². The Hall–Kier alpha value is -0.850. The van der Waals surface area contributed by atoms with Crippen LogP contribution in [0.1, 0.15) is 15.8 Å². The van der Waals surface area contributed by atoms with Crippen LogP contribution in [-0.4, -0.2) is 0 Å². The largest absolute Gasteiger partial charge is 0.312 e. The van der Waals surface area contributed by atoms with Crippen LogP contribution in [-0.2, 0) is 0 Å². The Labute approximate surface area is 63.9 Å². The second-order valence-electron chi connectivity index (χ2n) is 2.06. The Morgan fingerprint density at radius 1 is 1.70 bits per heavy atom. The van der Waals surface area contributed by atoms with Crippen molar-refractivity contribution >= 4 is 11.3 Å². The number of thiophene rings is 1. The Balaban J connectivity index is 2.87. The van der Waals surface area contributed by atoms with Crippen LogP contribution in [0, 0.1) is 18.3 Å². The van der Waals surface area contributed by atoms with E-state index in [-0.39, 0.29) is 0 Å². The van der Waals surface area contributed by atoms with Crippen LogP contribution in [0.4, 0.5) is 0 Å². The molecule has 0 aliphatic rings. The van der Waals surface area contributed by atoms with Crippen molar-refractivity contribution in [1.29, 1.82) is 5.26 Å². The van der Waals surface area contributed by atoms with Gasteiger partial charge in [0.25, 0.3) is 0 Å². The predicted molar refractivity (Wildman–Crippen MR) is 41.6 cm³/mol. The van der Waals surface area contributed by atoms with E-state index in [0.29, 0.717) is 0 Å². The number of nitrogens with two attached hydrogens (primary N) is 1. The average Bonchev–Trinajstić information content (AvgIpc) is 2.34. The van der Waals surface area contributed by atoms with Crippen molar-refractivity contribution in [3.63, 3.8) is 0 Å². The lowest BCUT2D eigenvalue weighted by atomic mass is 10.3. The number of hydrogen-bond acceptors (Lipinski definition) is 3. The van der Waals surface area contributed by atoms with Gasteiger partial charge in [0.1, 0.15) is 6.04 Å².